The number of benzene rings is 2. The van der Waals surface area contributed by atoms with Gasteiger partial charge < -0.3 is 5.32 Å². The largest absolute Gasteiger partial charge is 0.355 e. The third-order valence-corrected chi connectivity index (χ3v) is 4.79. The molecule has 1 heterocycles. The molecule has 134 valence electrons. The number of thioether (sulfide) groups is 1. The van der Waals surface area contributed by atoms with Crippen molar-refractivity contribution < 1.29 is 4.79 Å². The maximum absolute atomic E-state index is 12.0. The van der Waals surface area contributed by atoms with Gasteiger partial charge in [0.05, 0.1) is 11.4 Å². The molecule has 1 N–H and O–H groups in total. The Morgan fingerprint density at radius 3 is 2.81 bits per heavy atom. The molecule has 0 saturated heterocycles. The first-order chi connectivity index (χ1) is 12.7. The number of halogens is 1. The van der Waals surface area contributed by atoms with Crippen molar-refractivity contribution in [3.05, 3.63) is 65.2 Å². The zero-order chi connectivity index (χ0) is 18.2. The molecule has 0 atom stereocenters. The Kier molecular flexibility index (Phi) is 6.62. The van der Waals surface area contributed by atoms with Gasteiger partial charge in [-0.15, -0.1) is 5.10 Å². The molecule has 3 aromatic rings. The van der Waals surface area contributed by atoms with Crippen LogP contribution < -0.4 is 5.32 Å². The monoisotopic (exact) mass is 387 g/mol. The number of nitrogens with zero attached hydrogens (tertiary/aromatic N) is 4. The lowest BCUT2D eigenvalue weighted by atomic mass is 10.1. The first-order valence-electron chi connectivity index (χ1n) is 8.20. The van der Waals surface area contributed by atoms with E-state index in [4.69, 9.17) is 11.6 Å². The molecule has 3 rings (SSSR count). The van der Waals surface area contributed by atoms with E-state index >= 15 is 0 Å². The van der Waals surface area contributed by atoms with Crippen molar-refractivity contribution in [2.75, 3.05) is 12.3 Å². The third-order valence-electron chi connectivity index (χ3n) is 3.63. The van der Waals surface area contributed by atoms with Crippen LogP contribution >= 0.6 is 23.4 Å². The molecule has 1 amide bonds. The van der Waals surface area contributed by atoms with Crippen molar-refractivity contribution in [2.24, 2.45) is 0 Å². The molecule has 0 saturated carbocycles. The lowest BCUT2D eigenvalue weighted by molar-refractivity contribution is -0.118. The fourth-order valence-electron chi connectivity index (χ4n) is 2.38. The number of amides is 1. The summed E-state index contributed by atoms with van der Waals surface area (Å²) >= 11 is 7.29. The fraction of sp³-hybridized carbons (Fsp3) is 0.222. The normalized spacial score (nSPS) is 10.7. The topological polar surface area (TPSA) is 72.7 Å². The van der Waals surface area contributed by atoms with Gasteiger partial charge in [0.15, 0.2) is 0 Å². The second-order valence-corrected chi connectivity index (χ2v) is 6.96. The van der Waals surface area contributed by atoms with Gasteiger partial charge in [0.1, 0.15) is 0 Å². The Labute approximate surface area is 160 Å². The lowest BCUT2D eigenvalue weighted by Crippen LogP contribution is -2.26. The van der Waals surface area contributed by atoms with E-state index in [1.54, 1.807) is 16.8 Å². The molecule has 0 bridgehead atoms. The van der Waals surface area contributed by atoms with E-state index in [0.29, 0.717) is 16.7 Å². The summed E-state index contributed by atoms with van der Waals surface area (Å²) in [5.41, 5.74) is 2.03. The molecule has 0 aliphatic carbocycles. The van der Waals surface area contributed by atoms with E-state index in [9.17, 15) is 4.79 Å². The van der Waals surface area contributed by atoms with Crippen LogP contribution in [0.3, 0.4) is 0 Å². The molecule has 0 aliphatic heterocycles. The Morgan fingerprint density at radius 2 is 2.00 bits per heavy atom. The van der Waals surface area contributed by atoms with Gasteiger partial charge in [0.25, 0.3) is 0 Å². The van der Waals surface area contributed by atoms with Crippen molar-refractivity contribution in [1.29, 1.82) is 0 Å². The van der Waals surface area contributed by atoms with E-state index in [1.807, 2.05) is 30.3 Å². The Hall–Kier alpha value is -2.38. The van der Waals surface area contributed by atoms with Gasteiger partial charge in [-0.05, 0) is 47.0 Å². The number of tetrazole rings is 1. The predicted molar refractivity (Wildman–Crippen MR) is 103 cm³/mol. The second kappa shape index (κ2) is 9.35. The van der Waals surface area contributed by atoms with Crippen LogP contribution in [-0.4, -0.2) is 38.4 Å². The third kappa shape index (κ3) is 5.31. The van der Waals surface area contributed by atoms with E-state index in [0.717, 1.165) is 18.5 Å². The van der Waals surface area contributed by atoms with E-state index in [2.05, 4.69) is 33.0 Å². The highest BCUT2D eigenvalue weighted by Gasteiger charge is 2.11. The van der Waals surface area contributed by atoms with Gasteiger partial charge in [-0.3, -0.25) is 4.79 Å². The number of carbonyl (C=O) groups is 1. The lowest BCUT2D eigenvalue weighted by Gasteiger charge is -2.06. The quantitative estimate of drug-likeness (QED) is 0.474. The molecule has 0 spiro atoms. The molecule has 0 radical (unpaired) electrons. The van der Waals surface area contributed by atoms with Crippen molar-refractivity contribution in [1.82, 2.24) is 25.5 Å². The van der Waals surface area contributed by atoms with Crippen molar-refractivity contribution in [3.63, 3.8) is 0 Å². The molecule has 1 aromatic heterocycles. The van der Waals surface area contributed by atoms with Crippen LogP contribution in [0.5, 0.6) is 0 Å². The zero-order valence-corrected chi connectivity index (χ0v) is 15.6. The molecule has 2 aromatic carbocycles. The van der Waals surface area contributed by atoms with Crippen molar-refractivity contribution in [2.45, 2.75) is 18.0 Å². The molecule has 8 heteroatoms. The van der Waals surface area contributed by atoms with Gasteiger partial charge in [-0.2, -0.15) is 4.68 Å². The summed E-state index contributed by atoms with van der Waals surface area (Å²) in [4.78, 5) is 12.0. The summed E-state index contributed by atoms with van der Waals surface area (Å²) in [6, 6.07) is 17.5. The first kappa shape index (κ1) is 18.4. The zero-order valence-electron chi connectivity index (χ0n) is 14.0. The number of aromatic nitrogens is 4. The average molecular weight is 388 g/mol. The summed E-state index contributed by atoms with van der Waals surface area (Å²) in [5.74, 6) is 0.218. The van der Waals surface area contributed by atoms with Gasteiger partial charge in [-0.1, -0.05) is 59.8 Å². The first-order valence-corrected chi connectivity index (χ1v) is 9.56. The van der Waals surface area contributed by atoms with E-state index in [-0.39, 0.29) is 11.7 Å². The van der Waals surface area contributed by atoms with Crippen LogP contribution in [0, 0.1) is 0 Å². The SMILES string of the molecule is O=C(CSc1nnnn1-c1cccc(Cl)c1)NCCCc1ccccc1. The average Bonchev–Trinajstić information content (AvgIpc) is 3.13. The fourth-order valence-corrected chi connectivity index (χ4v) is 3.29. The molecule has 0 aliphatic rings. The Bertz CT molecular complexity index is 856. The molecular weight excluding hydrogens is 370 g/mol. The minimum absolute atomic E-state index is 0.0382. The molecule has 0 unspecified atom stereocenters. The van der Waals surface area contributed by atoms with Crippen molar-refractivity contribution in [3.8, 4) is 5.69 Å². The second-order valence-electron chi connectivity index (χ2n) is 5.58. The van der Waals surface area contributed by atoms with Crippen LogP contribution in [0.25, 0.3) is 5.69 Å². The van der Waals surface area contributed by atoms with Crippen LogP contribution in [0.1, 0.15) is 12.0 Å². The summed E-state index contributed by atoms with van der Waals surface area (Å²) in [5, 5.41) is 15.7. The maximum atomic E-state index is 12.0. The molecule has 6 nitrogen and oxygen atoms in total. The standard InChI is InChI=1S/C18H18ClN5OS/c19-15-9-4-10-16(12-15)24-18(21-22-23-24)26-13-17(25)20-11-5-8-14-6-2-1-3-7-14/h1-4,6-7,9-10,12H,5,8,11,13H2,(H,20,25). The highest BCUT2D eigenvalue weighted by Crippen LogP contribution is 2.20. The van der Waals surface area contributed by atoms with Crippen LogP contribution in [0.4, 0.5) is 0 Å². The number of aryl methyl sites for hydroxylation is 1. The van der Waals surface area contributed by atoms with Gasteiger partial charge in [0.2, 0.25) is 11.1 Å². The maximum Gasteiger partial charge on any atom is 0.230 e. The Balaban J connectivity index is 1.44. The van der Waals surface area contributed by atoms with Crippen LogP contribution in [0.2, 0.25) is 5.02 Å². The van der Waals surface area contributed by atoms with E-state index in [1.165, 1.54) is 17.3 Å². The number of hydrogen-bond donors (Lipinski definition) is 1. The van der Waals surface area contributed by atoms with Crippen molar-refractivity contribution >= 4 is 29.3 Å². The molecule has 0 fully saturated rings. The van der Waals surface area contributed by atoms with Crippen LogP contribution in [-0.2, 0) is 11.2 Å². The number of rotatable bonds is 8. The summed E-state index contributed by atoms with van der Waals surface area (Å²) in [6.45, 7) is 0.646. The minimum atomic E-state index is -0.0382. The number of hydrogen-bond acceptors (Lipinski definition) is 5. The van der Waals surface area contributed by atoms with Gasteiger partial charge >= 0.3 is 0 Å². The minimum Gasteiger partial charge on any atom is -0.355 e. The summed E-state index contributed by atoms with van der Waals surface area (Å²) in [6.07, 6.45) is 1.85. The van der Waals surface area contributed by atoms with E-state index < -0.39 is 0 Å². The summed E-state index contributed by atoms with van der Waals surface area (Å²) in [7, 11) is 0. The number of carbonyl (C=O) groups excluding carboxylic acids is 1. The predicted octanol–water partition coefficient (Wildman–Crippen LogP) is 3.16. The van der Waals surface area contributed by atoms with Crippen LogP contribution in [0.15, 0.2) is 59.8 Å². The summed E-state index contributed by atoms with van der Waals surface area (Å²) < 4.78 is 1.57. The highest BCUT2D eigenvalue weighted by molar-refractivity contribution is 7.99. The smallest absolute Gasteiger partial charge is 0.230 e. The van der Waals surface area contributed by atoms with Gasteiger partial charge in [-0.25, -0.2) is 0 Å². The highest BCUT2D eigenvalue weighted by atomic mass is 35.5. The Morgan fingerprint density at radius 1 is 1.15 bits per heavy atom. The molecule has 26 heavy (non-hydrogen) atoms. The van der Waals surface area contributed by atoms with Gasteiger partial charge in [0, 0.05) is 11.6 Å². The molecular formula is C18H18ClN5OS. The number of nitrogens with one attached hydrogen (secondary N) is 1.